The molecular weight excluding hydrogens is 237 g/mol. The number of ether oxygens (including phenoxy) is 1. The van der Waals surface area contributed by atoms with Gasteiger partial charge in [0.15, 0.2) is 0 Å². The van der Waals surface area contributed by atoms with Crippen LogP contribution in [0.15, 0.2) is 18.2 Å². The van der Waals surface area contributed by atoms with E-state index in [0.717, 1.165) is 12.1 Å². The highest BCUT2D eigenvalue weighted by atomic mass is 19.4. The zero-order chi connectivity index (χ0) is 12.6. The van der Waals surface area contributed by atoms with Gasteiger partial charge in [0.2, 0.25) is 0 Å². The number of aliphatic carboxylic acids is 1. The van der Waals surface area contributed by atoms with Gasteiger partial charge in [-0.25, -0.2) is 0 Å². The molecule has 2 rings (SSSR count). The van der Waals surface area contributed by atoms with Crippen LogP contribution in [0.25, 0.3) is 0 Å². The summed E-state index contributed by atoms with van der Waals surface area (Å²) in [6.45, 7) is 0. The van der Waals surface area contributed by atoms with Crippen molar-refractivity contribution in [2.45, 2.75) is 25.1 Å². The summed E-state index contributed by atoms with van der Waals surface area (Å²) in [7, 11) is 0. The van der Waals surface area contributed by atoms with Gasteiger partial charge in [-0.05, 0) is 17.7 Å². The van der Waals surface area contributed by atoms with Crippen molar-refractivity contribution in [2.24, 2.45) is 0 Å². The molecular formula is C11H9F3O3. The molecule has 0 bridgehead atoms. The van der Waals surface area contributed by atoms with Crippen LogP contribution in [0, 0.1) is 0 Å². The lowest BCUT2D eigenvalue weighted by Gasteiger charge is -2.09. The number of carboxylic acids is 1. The largest absolute Gasteiger partial charge is 0.489 e. The first-order valence-corrected chi connectivity index (χ1v) is 4.95. The van der Waals surface area contributed by atoms with Crippen LogP contribution in [-0.4, -0.2) is 17.2 Å². The second-order valence-electron chi connectivity index (χ2n) is 3.86. The first-order chi connectivity index (χ1) is 7.86. The van der Waals surface area contributed by atoms with Crippen LogP contribution in [0.4, 0.5) is 13.2 Å². The normalized spacial score (nSPS) is 18.6. The minimum absolute atomic E-state index is 0.131. The van der Waals surface area contributed by atoms with Gasteiger partial charge in [-0.2, -0.15) is 13.2 Å². The molecule has 0 aliphatic carbocycles. The molecule has 1 aromatic rings. The van der Waals surface area contributed by atoms with E-state index in [4.69, 9.17) is 9.84 Å². The first-order valence-electron chi connectivity index (χ1n) is 4.95. The van der Waals surface area contributed by atoms with E-state index in [1.54, 1.807) is 0 Å². The fraction of sp³-hybridized carbons (Fsp3) is 0.364. The lowest BCUT2D eigenvalue weighted by molar-refractivity contribution is -0.139. The fourth-order valence-electron chi connectivity index (χ4n) is 1.78. The number of alkyl halides is 3. The van der Waals surface area contributed by atoms with Gasteiger partial charge in [-0.3, -0.25) is 4.79 Å². The van der Waals surface area contributed by atoms with Crippen molar-refractivity contribution in [2.75, 3.05) is 0 Å². The maximum Gasteiger partial charge on any atom is 0.416 e. The summed E-state index contributed by atoms with van der Waals surface area (Å²) in [4.78, 5) is 10.5. The lowest BCUT2D eigenvalue weighted by atomic mass is 10.1. The summed E-state index contributed by atoms with van der Waals surface area (Å²) in [5.74, 6) is -0.898. The van der Waals surface area contributed by atoms with E-state index in [1.165, 1.54) is 6.07 Å². The topological polar surface area (TPSA) is 46.5 Å². The number of benzene rings is 1. The first kappa shape index (κ1) is 11.8. The van der Waals surface area contributed by atoms with Crippen molar-refractivity contribution in [3.05, 3.63) is 29.3 Å². The zero-order valence-corrected chi connectivity index (χ0v) is 8.62. The Morgan fingerprint density at radius 2 is 2.18 bits per heavy atom. The van der Waals surface area contributed by atoms with E-state index in [2.05, 4.69) is 0 Å². The van der Waals surface area contributed by atoms with Crippen molar-refractivity contribution in [1.82, 2.24) is 0 Å². The van der Waals surface area contributed by atoms with Crippen LogP contribution in [0.5, 0.6) is 5.75 Å². The molecule has 1 aliphatic rings. The van der Waals surface area contributed by atoms with Crippen molar-refractivity contribution in [1.29, 1.82) is 0 Å². The maximum absolute atomic E-state index is 12.4. The maximum atomic E-state index is 12.4. The molecule has 1 heterocycles. The van der Waals surface area contributed by atoms with E-state index >= 15 is 0 Å². The number of hydrogen-bond acceptors (Lipinski definition) is 2. The molecule has 1 aromatic carbocycles. The van der Waals surface area contributed by atoms with Gasteiger partial charge in [0, 0.05) is 6.42 Å². The molecule has 1 N–H and O–H groups in total. The van der Waals surface area contributed by atoms with Crippen LogP contribution >= 0.6 is 0 Å². The molecule has 0 aromatic heterocycles. The highest BCUT2D eigenvalue weighted by Crippen LogP contribution is 2.36. The van der Waals surface area contributed by atoms with Gasteiger partial charge < -0.3 is 9.84 Å². The summed E-state index contributed by atoms with van der Waals surface area (Å²) in [6.07, 6.45) is -4.87. The van der Waals surface area contributed by atoms with E-state index in [1.807, 2.05) is 0 Å². The molecule has 3 nitrogen and oxygen atoms in total. The van der Waals surface area contributed by atoms with Gasteiger partial charge in [-0.1, -0.05) is 6.07 Å². The summed E-state index contributed by atoms with van der Waals surface area (Å²) >= 11 is 0. The standard InChI is InChI=1S/C11H9F3O3/c12-11(13,14)7-2-1-6-3-8(5-10(15)16)17-9(6)4-7/h1-2,4,8H,3,5H2,(H,15,16). The molecule has 1 aliphatic heterocycles. The predicted molar refractivity (Wildman–Crippen MR) is 51.8 cm³/mol. The molecule has 17 heavy (non-hydrogen) atoms. The molecule has 1 atom stereocenters. The molecule has 0 saturated heterocycles. The number of carboxylic acid groups (broad SMARTS) is 1. The van der Waals surface area contributed by atoms with Crippen molar-refractivity contribution >= 4 is 5.97 Å². The van der Waals surface area contributed by atoms with Gasteiger partial charge in [0.05, 0.1) is 12.0 Å². The molecule has 6 heteroatoms. The monoisotopic (exact) mass is 246 g/mol. The Morgan fingerprint density at radius 3 is 2.76 bits per heavy atom. The van der Waals surface area contributed by atoms with E-state index in [9.17, 15) is 18.0 Å². The van der Waals surface area contributed by atoms with Crippen LogP contribution in [0.1, 0.15) is 17.5 Å². The Bertz CT molecular complexity index is 454. The quantitative estimate of drug-likeness (QED) is 0.872. The van der Waals surface area contributed by atoms with Gasteiger partial charge in [0.25, 0.3) is 0 Å². The average Bonchev–Trinajstić information content (AvgIpc) is 2.55. The van der Waals surface area contributed by atoms with Crippen molar-refractivity contribution in [3.8, 4) is 5.75 Å². The number of carbonyl (C=O) groups is 1. The van der Waals surface area contributed by atoms with E-state index in [0.29, 0.717) is 12.0 Å². The highest BCUT2D eigenvalue weighted by molar-refractivity contribution is 5.67. The Balaban J connectivity index is 2.19. The Kier molecular flexibility index (Phi) is 2.73. The second kappa shape index (κ2) is 3.94. The SMILES string of the molecule is O=C(O)CC1Cc2ccc(C(F)(F)F)cc2O1. The highest BCUT2D eigenvalue weighted by Gasteiger charge is 2.33. The van der Waals surface area contributed by atoms with Crippen LogP contribution in [0.2, 0.25) is 0 Å². The average molecular weight is 246 g/mol. The van der Waals surface area contributed by atoms with Crippen LogP contribution in [-0.2, 0) is 17.4 Å². The summed E-state index contributed by atoms with van der Waals surface area (Å²) in [5.41, 5.74) is -0.170. The third-order valence-electron chi connectivity index (χ3n) is 2.54. The third-order valence-corrected chi connectivity index (χ3v) is 2.54. The molecule has 0 spiro atoms. The Hall–Kier alpha value is -1.72. The van der Waals surface area contributed by atoms with Gasteiger partial charge >= 0.3 is 12.1 Å². The second-order valence-corrected chi connectivity index (χ2v) is 3.86. The van der Waals surface area contributed by atoms with Crippen molar-refractivity contribution < 1.29 is 27.8 Å². The molecule has 0 saturated carbocycles. The number of fused-ring (bicyclic) bond motifs is 1. The third kappa shape index (κ3) is 2.51. The lowest BCUT2D eigenvalue weighted by Crippen LogP contribution is -2.17. The summed E-state index contributed by atoms with van der Waals surface area (Å²) in [6, 6.07) is 3.22. The minimum Gasteiger partial charge on any atom is -0.489 e. The molecule has 0 fully saturated rings. The van der Waals surface area contributed by atoms with Gasteiger partial charge in [-0.15, -0.1) is 0 Å². The number of rotatable bonds is 2. The van der Waals surface area contributed by atoms with Crippen molar-refractivity contribution in [3.63, 3.8) is 0 Å². The summed E-state index contributed by atoms with van der Waals surface area (Å²) < 4.78 is 42.4. The van der Waals surface area contributed by atoms with Crippen LogP contribution in [0.3, 0.4) is 0 Å². The molecule has 92 valence electrons. The predicted octanol–water partition coefficient (Wildman–Crippen LogP) is 2.48. The van der Waals surface area contributed by atoms with Gasteiger partial charge in [0.1, 0.15) is 11.9 Å². The number of halogens is 3. The molecule has 1 unspecified atom stereocenters. The fourth-order valence-corrected chi connectivity index (χ4v) is 1.78. The van der Waals surface area contributed by atoms with Crippen LogP contribution < -0.4 is 4.74 Å². The molecule has 0 amide bonds. The Morgan fingerprint density at radius 1 is 1.47 bits per heavy atom. The number of hydrogen-bond donors (Lipinski definition) is 1. The smallest absolute Gasteiger partial charge is 0.416 e. The van der Waals surface area contributed by atoms with E-state index in [-0.39, 0.29) is 12.2 Å². The minimum atomic E-state index is -4.41. The summed E-state index contributed by atoms with van der Waals surface area (Å²) in [5, 5.41) is 8.58. The molecule has 0 radical (unpaired) electrons. The Labute approximate surface area is 94.8 Å². The zero-order valence-electron chi connectivity index (χ0n) is 8.62. The van der Waals surface area contributed by atoms with E-state index < -0.39 is 23.8 Å².